The van der Waals surface area contributed by atoms with Gasteiger partial charge in [0.25, 0.3) is 0 Å². The molecule has 1 aromatic carbocycles. The van der Waals surface area contributed by atoms with E-state index in [9.17, 15) is 0 Å². The van der Waals surface area contributed by atoms with Gasteiger partial charge < -0.3 is 0 Å². The third-order valence-electron chi connectivity index (χ3n) is 2.21. The predicted molar refractivity (Wildman–Crippen MR) is 74.0 cm³/mol. The van der Waals surface area contributed by atoms with Crippen LogP contribution in [0.4, 0.5) is 0 Å². The van der Waals surface area contributed by atoms with E-state index < -0.39 is 0 Å². The molecule has 1 aromatic rings. The van der Waals surface area contributed by atoms with Crippen molar-refractivity contribution in [3.05, 3.63) is 60.3 Å². The Labute approximate surface area is 99.2 Å². The molecule has 0 aliphatic carbocycles. The first-order chi connectivity index (χ1) is 7.79. The number of aliphatic imine (C=N–C) groups is 1. The van der Waals surface area contributed by atoms with Gasteiger partial charge in [-0.3, -0.25) is 4.99 Å². The van der Waals surface area contributed by atoms with Crippen LogP contribution < -0.4 is 0 Å². The van der Waals surface area contributed by atoms with E-state index in [-0.39, 0.29) is 5.92 Å². The highest BCUT2D eigenvalue weighted by molar-refractivity contribution is 5.36. The molecule has 1 unspecified atom stereocenters. The smallest absolute Gasteiger partial charge is 0.0468 e. The molecule has 86 valence electrons. The van der Waals surface area contributed by atoms with Crippen molar-refractivity contribution < 1.29 is 0 Å². The zero-order chi connectivity index (χ0) is 12.4. The standard InChI is InChI=1S/C13H15N.C2H6/c1-4-8-13(14-3)11(2)12-9-6-5-7-10-12;1-2/h4-11H,1,3H2,2H3;1-2H3/b13-8-;. The molecule has 1 atom stereocenters. The van der Waals surface area contributed by atoms with Crippen molar-refractivity contribution in [3.63, 3.8) is 0 Å². The largest absolute Gasteiger partial charge is 0.268 e. The second-order valence-electron chi connectivity index (χ2n) is 3.12. The highest BCUT2D eigenvalue weighted by Gasteiger charge is 2.07. The minimum atomic E-state index is 0.270. The molecule has 0 aliphatic rings. The van der Waals surface area contributed by atoms with Gasteiger partial charge in [-0.15, -0.1) is 0 Å². The Balaban J connectivity index is 0.00000106. The van der Waals surface area contributed by atoms with Gasteiger partial charge in [-0.1, -0.05) is 63.8 Å². The molecule has 0 spiro atoms. The van der Waals surface area contributed by atoms with Crippen molar-refractivity contribution in [2.24, 2.45) is 4.99 Å². The van der Waals surface area contributed by atoms with E-state index in [2.05, 4.69) is 37.3 Å². The lowest BCUT2D eigenvalue weighted by atomic mass is 9.98. The van der Waals surface area contributed by atoms with Crippen LogP contribution in [0.2, 0.25) is 0 Å². The number of hydrogen-bond acceptors (Lipinski definition) is 1. The van der Waals surface area contributed by atoms with Gasteiger partial charge in [0.05, 0.1) is 0 Å². The number of nitrogens with zero attached hydrogens (tertiary/aromatic N) is 1. The Bertz CT molecular complexity index is 336. The summed E-state index contributed by atoms with van der Waals surface area (Å²) in [4.78, 5) is 3.99. The van der Waals surface area contributed by atoms with Crippen molar-refractivity contribution in [2.75, 3.05) is 0 Å². The van der Waals surface area contributed by atoms with Gasteiger partial charge in [0.2, 0.25) is 0 Å². The van der Waals surface area contributed by atoms with Crippen LogP contribution in [-0.4, -0.2) is 6.72 Å². The molecule has 0 fully saturated rings. The molecule has 1 heteroatoms. The highest BCUT2D eigenvalue weighted by Crippen LogP contribution is 2.23. The van der Waals surface area contributed by atoms with E-state index >= 15 is 0 Å². The number of rotatable bonds is 4. The Hall–Kier alpha value is -1.63. The molecular weight excluding hydrogens is 194 g/mol. The van der Waals surface area contributed by atoms with Crippen molar-refractivity contribution in [2.45, 2.75) is 26.7 Å². The molecule has 0 aliphatic heterocycles. The summed E-state index contributed by atoms with van der Waals surface area (Å²) >= 11 is 0. The molecule has 1 rings (SSSR count). The third-order valence-corrected chi connectivity index (χ3v) is 2.21. The van der Waals surface area contributed by atoms with E-state index in [1.165, 1.54) is 5.56 Å². The summed E-state index contributed by atoms with van der Waals surface area (Å²) in [7, 11) is 0. The number of allylic oxidation sites excluding steroid dienone is 3. The fourth-order valence-corrected chi connectivity index (χ4v) is 1.37. The zero-order valence-corrected chi connectivity index (χ0v) is 10.5. The lowest BCUT2D eigenvalue weighted by Crippen LogP contribution is -1.95. The van der Waals surface area contributed by atoms with Gasteiger partial charge in [-0.05, 0) is 18.4 Å². The van der Waals surface area contributed by atoms with E-state index in [1.54, 1.807) is 6.08 Å². The molecule has 0 aromatic heterocycles. The van der Waals surface area contributed by atoms with Crippen LogP contribution in [-0.2, 0) is 0 Å². The first kappa shape index (κ1) is 14.4. The van der Waals surface area contributed by atoms with Crippen molar-refractivity contribution in [3.8, 4) is 0 Å². The van der Waals surface area contributed by atoms with Gasteiger partial charge in [-0.25, -0.2) is 0 Å². The molecular formula is C15H21N. The van der Waals surface area contributed by atoms with Crippen molar-refractivity contribution in [1.82, 2.24) is 0 Å². The normalized spacial score (nSPS) is 12.1. The van der Waals surface area contributed by atoms with Crippen LogP contribution in [0.5, 0.6) is 0 Å². The SMILES string of the molecule is C=C/C=C(\N=C)C(C)c1ccccc1.CC. The summed E-state index contributed by atoms with van der Waals surface area (Å²) in [6, 6.07) is 10.2. The molecule has 0 bridgehead atoms. The van der Waals surface area contributed by atoms with Crippen LogP contribution >= 0.6 is 0 Å². The fourth-order valence-electron chi connectivity index (χ4n) is 1.37. The monoisotopic (exact) mass is 215 g/mol. The summed E-state index contributed by atoms with van der Waals surface area (Å²) < 4.78 is 0. The lowest BCUT2D eigenvalue weighted by Gasteiger charge is -2.11. The van der Waals surface area contributed by atoms with Crippen LogP contribution in [0.1, 0.15) is 32.3 Å². The van der Waals surface area contributed by atoms with Crippen LogP contribution in [0, 0.1) is 0 Å². The molecule has 16 heavy (non-hydrogen) atoms. The maximum absolute atomic E-state index is 3.99. The summed E-state index contributed by atoms with van der Waals surface area (Å²) in [5, 5.41) is 0. The Kier molecular flexibility index (Phi) is 7.78. The van der Waals surface area contributed by atoms with E-state index in [0.717, 1.165) is 5.70 Å². The van der Waals surface area contributed by atoms with Gasteiger partial charge in [0.1, 0.15) is 0 Å². The average Bonchev–Trinajstić information content (AvgIpc) is 2.38. The molecule has 1 nitrogen and oxygen atoms in total. The fraction of sp³-hybridized carbons (Fsp3) is 0.267. The quantitative estimate of drug-likeness (QED) is 0.514. The molecule has 0 saturated heterocycles. The molecule has 0 amide bonds. The Morgan fingerprint density at radius 2 is 1.81 bits per heavy atom. The van der Waals surface area contributed by atoms with Gasteiger partial charge in [0, 0.05) is 11.6 Å². The second-order valence-corrected chi connectivity index (χ2v) is 3.12. The van der Waals surface area contributed by atoms with Gasteiger partial charge >= 0.3 is 0 Å². The summed E-state index contributed by atoms with van der Waals surface area (Å²) in [6.07, 6.45) is 3.63. The van der Waals surface area contributed by atoms with Crippen molar-refractivity contribution >= 4 is 6.72 Å². The molecule has 0 heterocycles. The Morgan fingerprint density at radius 1 is 1.25 bits per heavy atom. The summed E-state index contributed by atoms with van der Waals surface area (Å²) in [6.45, 7) is 13.3. The summed E-state index contributed by atoms with van der Waals surface area (Å²) in [5.74, 6) is 0.270. The average molecular weight is 215 g/mol. The maximum atomic E-state index is 3.99. The Morgan fingerprint density at radius 3 is 2.25 bits per heavy atom. The minimum absolute atomic E-state index is 0.270. The molecule has 0 N–H and O–H groups in total. The zero-order valence-electron chi connectivity index (χ0n) is 10.5. The van der Waals surface area contributed by atoms with Gasteiger partial charge in [-0.2, -0.15) is 0 Å². The van der Waals surface area contributed by atoms with Crippen LogP contribution in [0.25, 0.3) is 0 Å². The second kappa shape index (κ2) is 8.66. The van der Waals surface area contributed by atoms with Crippen LogP contribution in [0.15, 0.2) is 59.8 Å². The first-order valence-electron chi connectivity index (χ1n) is 5.64. The highest BCUT2D eigenvalue weighted by atomic mass is 14.7. The van der Waals surface area contributed by atoms with Crippen molar-refractivity contribution in [1.29, 1.82) is 0 Å². The van der Waals surface area contributed by atoms with E-state index in [1.807, 2.05) is 38.1 Å². The summed E-state index contributed by atoms with van der Waals surface area (Å²) in [5.41, 5.74) is 2.19. The van der Waals surface area contributed by atoms with Gasteiger partial charge in [0.15, 0.2) is 0 Å². The minimum Gasteiger partial charge on any atom is -0.268 e. The molecule has 0 saturated carbocycles. The topological polar surface area (TPSA) is 12.4 Å². The first-order valence-corrected chi connectivity index (χ1v) is 5.64. The van der Waals surface area contributed by atoms with E-state index in [0.29, 0.717) is 0 Å². The third kappa shape index (κ3) is 4.26. The van der Waals surface area contributed by atoms with Crippen LogP contribution in [0.3, 0.4) is 0 Å². The number of benzene rings is 1. The predicted octanol–water partition coefficient (Wildman–Crippen LogP) is 4.59. The maximum Gasteiger partial charge on any atom is 0.0468 e. The lowest BCUT2D eigenvalue weighted by molar-refractivity contribution is 0.881. The molecule has 0 radical (unpaired) electrons. The number of hydrogen-bond donors (Lipinski definition) is 0. The van der Waals surface area contributed by atoms with E-state index in [4.69, 9.17) is 0 Å².